The summed E-state index contributed by atoms with van der Waals surface area (Å²) in [5.41, 5.74) is 1.75. The minimum absolute atomic E-state index is 0.0194. The number of methoxy groups -OCH3 is 1. The van der Waals surface area contributed by atoms with Crippen molar-refractivity contribution in [2.24, 2.45) is 7.05 Å². The Labute approximate surface area is 99.7 Å². The largest absolute Gasteiger partial charge is 0.392 e. The summed E-state index contributed by atoms with van der Waals surface area (Å²) >= 11 is 0. The van der Waals surface area contributed by atoms with Crippen molar-refractivity contribution in [3.8, 4) is 11.4 Å². The molecule has 2 aromatic rings. The van der Waals surface area contributed by atoms with E-state index in [1.807, 2.05) is 31.3 Å². The SMILES string of the molecule is COCc1nc(-c2cccc(CO)c2)nn1C. The fourth-order valence-corrected chi connectivity index (χ4v) is 1.60. The van der Waals surface area contributed by atoms with Gasteiger partial charge < -0.3 is 9.84 Å². The molecule has 0 amide bonds. The average molecular weight is 233 g/mol. The highest BCUT2D eigenvalue weighted by molar-refractivity contribution is 5.55. The van der Waals surface area contributed by atoms with E-state index in [-0.39, 0.29) is 6.61 Å². The van der Waals surface area contributed by atoms with E-state index >= 15 is 0 Å². The number of aromatic nitrogens is 3. The number of hydrogen-bond donors (Lipinski definition) is 1. The van der Waals surface area contributed by atoms with Crippen LogP contribution in [0.25, 0.3) is 11.4 Å². The van der Waals surface area contributed by atoms with Gasteiger partial charge in [0.05, 0.1) is 6.61 Å². The van der Waals surface area contributed by atoms with E-state index in [1.165, 1.54) is 0 Å². The van der Waals surface area contributed by atoms with Crippen molar-refractivity contribution >= 4 is 0 Å². The maximum Gasteiger partial charge on any atom is 0.181 e. The zero-order valence-electron chi connectivity index (χ0n) is 9.92. The Bertz CT molecular complexity index is 508. The van der Waals surface area contributed by atoms with E-state index < -0.39 is 0 Å². The third kappa shape index (κ3) is 2.51. The molecule has 0 aliphatic heterocycles. The van der Waals surface area contributed by atoms with Gasteiger partial charge in [-0.2, -0.15) is 5.10 Å². The van der Waals surface area contributed by atoms with Crippen LogP contribution in [0.3, 0.4) is 0 Å². The van der Waals surface area contributed by atoms with E-state index in [0.29, 0.717) is 12.4 Å². The molecule has 1 aromatic carbocycles. The molecule has 0 atom stereocenters. The fourth-order valence-electron chi connectivity index (χ4n) is 1.60. The molecule has 2 rings (SSSR count). The zero-order chi connectivity index (χ0) is 12.3. The van der Waals surface area contributed by atoms with E-state index in [9.17, 15) is 0 Å². The molecule has 0 radical (unpaired) electrons. The summed E-state index contributed by atoms with van der Waals surface area (Å²) in [5.74, 6) is 1.42. The van der Waals surface area contributed by atoms with Crippen LogP contribution < -0.4 is 0 Å². The number of hydrogen-bond acceptors (Lipinski definition) is 4. The van der Waals surface area contributed by atoms with Crippen LogP contribution >= 0.6 is 0 Å². The van der Waals surface area contributed by atoms with Gasteiger partial charge in [-0.3, -0.25) is 4.68 Å². The monoisotopic (exact) mass is 233 g/mol. The highest BCUT2D eigenvalue weighted by atomic mass is 16.5. The van der Waals surface area contributed by atoms with Crippen LogP contribution in [0.15, 0.2) is 24.3 Å². The summed E-state index contributed by atoms with van der Waals surface area (Å²) in [6, 6.07) is 7.55. The molecule has 0 aliphatic rings. The van der Waals surface area contributed by atoms with Crippen molar-refractivity contribution in [3.63, 3.8) is 0 Å². The molecule has 0 unspecified atom stereocenters. The first-order valence-corrected chi connectivity index (χ1v) is 5.33. The fraction of sp³-hybridized carbons (Fsp3) is 0.333. The molecular formula is C12H15N3O2. The minimum Gasteiger partial charge on any atom is -0.392 e. The van der Waals surface area contributed by atoms with E-state index in [4.69, 9.17) is 9.84 Å². The van der Waals surface area contributed by atoms with Crippen molar-refractivity contribution in [1.82, 2.24) is 14.8 Å². The van der Waals surface area contributed by atoms with Crippen LogP contribution in [-0.2, 0) is 25.0 Å². The van der Waals surface area contributed by atoms with Crippen molar-refractivity contribution in [2.75, 3.05) is 7.11 Å². The second-order valence-electron chi connectivity index (χ2n) is 3.77. The molecule has 0 bridgehead atoms. The first kappa shape index (κ1) is 11.8. The molecule has 90 valence electrons. The van der Waals surface area contributed by atoms with E-state index in [1.54, 1.807) is 11.8 Å². The van der Waals surface area contributed by atoms with Gasteiger partial charge in [-0.1, -0.05) is 18.2 Å². The predicted octanol–water partition coefficient (Wildman–Crippen LogP) is 1.12. The topological polar surface area (TPSA) is 60.2 Å². The predicted molar refractivity (Wildman–Crippen MR) is 63.1 cm³/mol. The Morgan fingerprint density at radius 3 is 2.94 bits per heavy atom. The molecule has 1 aromatic heterocycles. The highest BCUT2D eigenvalue weighted by Crippen LogP contribution is 2.17. The lowest BCUT2D eigenvalue weighted by Gasteiger charge is -1.98. The third-order valence-corrected chi connectivity index (χ3v) is 2.49. The Hall–Kier alpha value is -1.72. The standard InChI is InChI=1S/C12H15N3O2/c1-15-11(8-17-2)13-12(14-15)10-5-3-4-9(6-10)7-16/h3-6,16H,7-8H2,1-2H3. The third-order valence-electron chi connectivity index (χ3n) is 2.49. The van der Waals surface area contributed by atoms with Crippen molar-refractivity contribution < 1.29 is 9.84 Å². The maximum atomic E-state index is 9.09. The second kappa shape index (κ2) is 5.07. The van der Waals surface area contributed by atoms with Gasteiger partial charge >= 0.3 is 0 Å². The number of rotatable bonds is 4. The number of ether oxygens (including phenoxy) is 1. The van der Waals surface area contributed by atoms with Gasteiger partial charge in [0.1, 0.15) is 6.61 Å². The quantitative estimate of drug-likeness (QED) is 0.859. The summed E-state index contributed by atoms with van der Waals surface area (Å²) in [6.07, 6.45) is 0. The molecular weight excluding hydrogens is 218 g/mol. The lowest BCUT2D eigenvalue weighted by atomic mass is 10.1. The summed E-state index contributed by atoms with van der Waals surface area (Å²) in [7, 11) is 3.46. The number of nitrogens with zero attached hydrogens (tertiary/aromatic N) is 3. The number of aliphatic hydroxyl groups is 1. The Balaban J connectivity index is 2.35. The van der Waals surface area contributed by atoms with Gasteiger partial charge in [0.2, 0.25) is 0 Å². The molecule has 1 N–H and O–H groups in total. The molecule has 0 fully saturated rings. The summed E-state index contributed by atoms with van der Waals surface area (Å²) in [5, 5.41) is 13.4. The van der Waals surface area contributed by atoms with Gasteiger partial charge in [0.25, 0.3) is 0 Å². The van der Waals surface area contributed by atoms with Gasteiger partial charge in [-0.05, 0) is 11.6 Å². The summed E-state index contributed by atoms with van der Waals surface area (Å²) in [6.45, 7) is 0.453. The molecule has 5 nitrogen and oxygen atoms in total. The molecule has 17 heavy (non-hydrogen) atoms. The van der Waals surface area contributed by atoms with E-state index in [0.717, 1.165) is 17.0 Å². The van der Waals surface area contributed by atoms with Crippen LogP contribution in [0.4, 0.5) is 0 Å². The normalized spacial score (nSPS) is 10.8. The van der Waals surface area contributed by atoms with Crippen LogP contribution in [0.2, 0.25) is 0 Å². The smallest absolute Gasteiger partial charge is 0.181 e. The Kier molecular flexibility index (Phi) is 3.51. The average Bonchev–Trinajstić information content (AvgIpc) is 2.72. The first-order valence-electron chi connectivity index (χ1n) is 5.33. The molecule has 5 heteroatoms. The molecule has 0 saturated carbocycles. The number of aliphatic hydroxyl groups excluding tert-OH is 1. The van der Waals surface area contributed by atoms with Crippen molar-refractivity contribution in [3.05, 3.63) is 35.7 Å². The van der Waals surface area contributed by atoms with Crippen LogP contribution in [0.1, 0.15) is 11.4 Å². The van der Waals surface area contributed by atoms with Gasteiger partial charge in [-0.25, -0.2) is 4.98 Å². The van der Waals surface area contributed by atoms with Crippen molar-refractivity contribution in [1.29, 1.82) is 0 Å². The molecule has 0 saturated heterocycles. The van der Waals surface area contributed by atoms with E-state index in [2.05, 4.69) is 10.1 Å². The summed E-state index contributed by atoms with van der Waals surface area (Å²) in [4.78, 5) is 4.39. The summed E-state index contributed by atoms with van der Waals surface area (Å²) < 4.78 is 6.74. The van der Waals surface area contributed by atoms with Gasteiger partial charge in [-0.15, -0.1) is 0 Å². The highest BCUT2D eigenvalue weighted by Gasteiger charge is 2.09. The van der Waals surface area contributed by atoms with Crippen LogP contribution in [-0.4, -0.2) is 27.0 Å². The van der Waals surface area contributed by atoms with Gasteiger partial charge in [0.15, 0.2) is 11.6 Å². The lowest BCUT2D eigenvalue weighted by Crippen LogP contribution is -2.00. The number of benzene rings is 1. The maximum absolute atomic E-state index is 9.09. The van der Waals surface area contributed by atoms with Crippen molar-refractivity contribution in [2.45, 2.75) is 13.2 Å². The van der Waals surface area contributed by atoms with Crippen LogP contribution in [0, 0.1) is 0 Å². The Morgan fingerprint density at radius 2 is 2.24 bits per heavy atom. The zero-order valence-corrected chi connectivity index (χ0v) is 9.92. The molecule has 0 spiro atoms. The first-order chi connectivity index (χ1) is 8.24. The van der Waals surface area contributed by atoms with Crippen LogP contribution in [0.5, 0.6) is 0 Å². The molecule has 0 aliphatic carbocycles. The number of aryl methyl sites for hydroxylation is 1. The second-order valence-corrected chi connectivity index (χ2v) is 3.77. The minimum atomic E-state index is 0.0194. The van der Waals surface area contributed by atoms with Gasteiger partial charge in [0, 0.05) is 19.7 Å². The lowest BCUT2D eigenvalue weighted by molar-refractivity contribution is 0.174. The molecule has 1 heterocycles. The Morgan fingerprint density at radius 1 is 1.41 bits per heavy atom.